The summed E-state index contributed by atoms with van der Waals surface area (Å²) in [5, 5.41) is 0. The van der Waals surface area contributed by atoms with E-state index in [0.717, 1.165) is 5.56 Å². The molecule has 2 heterocycles. The Labute approximate surface area is 135 Å². The van der Waals surface area contributed by atoms with E-state index in [1.807, 2.05) is 0 Å². The maximum Gasteiger partial charge on any atom is 0.211 e. The van der Waals surface area contributed by atoms with Gasteiger partial charge in [-0.15, -0.1) is 0 Å². The van der Waals surface area contributed by atoms with E-state index in [-0.39, 0.29) is 12.4 Å². The third-order valence-corrected chi connectivity index (χ3v) is 5.57. The first kappa shape index (κ1) is 16.2. The molecule has 0 spiro atoms. The lowest BCUT2D eigenvalue weighted by Gasteiger charge is -2.33. The number of methoxy groups -OCH3 is 1. The van der Waals surface area contributed by atoms with Gasteiger partial charge < -0.3 is 9.47 Å². The summed E-state index contributed by atoms with van der Waals surface area (Å²) in [7, 11) is -1.55. The van der Waals surface area contributed by atoms with Gasteiger partial charge in [0.25, 0.3) is 0 Å². The number of rotatable bonds is 4. The van der Waals surface area contributed by atoms with Gasteiger partial charge in [0.1, 0.15) is 11.5 Å². The van der Waals surface area contributed by atoms with Crippen molar-refractivity contribution in [1.82, 2.24) is 9.21 Å². The minimum atomic E-state index is -3.14. The fourth-order valence-electron chi connectivity index (χ4n) is 2.99. The molecule has 0 aliphatic carbocycles. The fourth-order valence-corrected chi connectivity index (χ4v) is 3.82. The Hall–Kier alpha value is -1.64. The number of carbonyl (C=O) groups is 1. The second-order valence-corrected chi connectivity index (χ2v) is 7.76. The van der Waals surface area contributed by atoms with E-state index < -0.39 is 10.0 Å². The van der Waals surface area contributed by atoms with E-state index in [9.17, 15) is 13.2 Å². The highest BCUT2D eigenvalue weighted by molar-refractivity contribution is 7.88. The van der Waals surface area contributed by atoms with E-state index in [2.05, 4.69) is 4.90 Å². The van der Waals surface area contributed by atoms with E-state index in [0.29, 0.717) is 49.8 Å². The van der Waals surface area contributed by atoms with Crippen molar-refractivity contribution in [3.8, 4) is 11.5 Å². The van der Waals surface area contributed by atoms with Gasteiger partial charge in [0.2, 0.25) is 15.8 Å². The molecule has 1 fully saturated rings. The SMILES string of the molecule is COc1ccc2c(c1CN1CCN(S(C)(=O)=O)CC1)OCC2=O. The largest absolute Gasteiger partial charge is 0.496 e. The van der Waals surface area contributed by atoms with E-state index >= 15 is 0 Å². The van der Waals surface area contributed by atoms with Crippen LogP contribution in [0.5, 0.6) is 11.5 Å². The second-order valence-electron chi connectivity index (χ2n) is 5.77. The Morgan fingerprint density at radius 3 is 2.52 bits per heavy atom. The number of fused-ring (bicyclic) bond motifs is 1. The van der Waals surface area contributed by atoms with Gasteiger partial charge in [-0.25, -0.2) is 8.42 Å². The number of benzene rings is 1. The van der Waals surface area contributed by atoms with Gasteiger partial charge in [0.15, 0.2) is 6.61 Å². The molecule has 2 aliphatic rings. The van der Waals surface area contributed by atoms with Crippen LogP contribution in [0, 0.1) is 0 Å². The van der Waals surface area contributed by atoms with Crippen LogP contribution in [-0.4, -0.2) is 69.6 Å². The number of ketones is 1. The van der Waals surface area contributed by atoms with Crippen molar-refractivity contribution >= 4 is 15.8 Å². The first-order chi connectivity index (χ1) is 10.9. The van der Waals surface area contributed by atoms with Crippen molar-refractivity contribution in [1.29, 1.82) is 0 Å². The van der Waals surface area contributed by atoms with Gasteiger partial charge in [0, 0.05) is 32.7 Å². The lowest BCUT2D eigenvalue weighted by molar-refractivity contribution is 0.0960. The summed E-state index contributed by atoms with van der Waals surface area (Å²) >= 11 is 0. The maximum absolute atomic E-state index is 11.8. The van der Waals surface area contributed by atoms with Gasteiger partial charge >= 0.3 is 0 Å². The van der Waals surface area contributed by atoms with Crippen LogP contribution in [-0.2, 0) is 16.6 Å². The molecule has 8 heteroatoms. The van der Waals surface area contributed by atoms with E-state index in [1.165, 1.54) is 10.6 Å². The first-order valence-electron chi connectivity index (χ1n) is 7.43. The number of nitrogens with zero attached hydrogens (tertiary/aromatic N) is 2. The number of hydrogen-bond donors (Lipinski definition) is 0. The maximum atomic E-state index is 11.8. The van der Waals surface area contributed by atoms with Crippen LogP contribution in [0.1, 0.15) is 15.9 Å². The standard InChI is InChI=1S/C15H20N2O5S/c1-21-14-4-3-11-13(18)10-22-15(11)12(14)9-16-5-7-17(8-6-16)23(2,19)20/h3-4H,5-10H2,1-2H3. The fraction of sp³-hybridized carbons (Fsp3) is 0.533. The van der Waals surface area contributed by atoms with Crippen molar-refractivity contribution in [2.24, 2.45) is 0 Å². The zero-order chi connectivity index (χ0) is 16.6. The number of Topliss-reactive ketones (excluding diaryl/α,β-unsaturated/α-hetero) is 1. The quantitative estimate of drug-likeness (QED) is 0.787. The average molecular weight is 340 g/mol. The molecule has 0 aromatic heterocycles. The van der Waals surface area contributed by atoms with Gasteiger partial charge in [-0.1, -0.05) is 0 Å². The summed E-state index contributed by atoms with van der Waals surface area (Å²) < 4.78 is 35.6. The lowest BCUT2D eigenvalue weighted by Crippen LogP contribution is -2.47. The number of hydrogen-bond acceptors (Lipinski definition) is 6. The predicted molar refractivity (Wildman–Crippen MR) is 84.5 cm³/mol. The molecular formula is C15H20N2O5S. The van der Waals surface area contributed by atoms with Crippen LogP contribution >= 0.6 is 0 Å². The van der Waals surface area contributed by atoms with Crippen molar-refractivity contribution in [3.63, 3.8) is 0 Å². The molecule has 0 unspecified atom stereocenters. The number of carbonyl (C=O) groups excluding carboxylic acids is 1. The van der Waals surface area contributed by atoms with Crippen molar-refractivity contribution in [2.45, 2.75) is 6.54 Å². The number of ether oxygens (including phenoxy) is 2. The summed E-state index contributed by atoms with van der Waals surface area (Å²) in [6.45, 7) is 2.84. The van der Waals surface area contributed by atoms with Crippen LogP contribution in [0.2, 0.25) is 0 Å². The van der Waals surface area contributed by atoms with Crippen molar-refractivity contribution in [2.75, 3.05) is 46.2 Å². The second kappa shape index (κ2) is 6.10. The predicted octanol–water partition coefficient (Wildman–Crippen LogP) is 0.348. The summed E-state index contributed by atoms with van der Waals surface area (Å²) in [5.41, 5.74) is 1.44. The normalized spacial score (nSPS) is 19.5. The molecule has 1 saturated heterocycles. The third-order valence-electron chi connectivity index (χ3n) is 4.27. The molecule has 0 atom stereocenters. The topological polar surface area (TPSA) is 76.2 Å². The Morgan fingerprint density at radius 1 is 1.22 bits per heavy atom. The molecule has 0 bridgehead atoms. The summed E-state index contributed by atoms with van der Waals surface area (Å²) in [6, 6.07) is 3.52. The molecule has 7 nitrogen and oxygen atoms in total. The summed E-state index contributed by atoms with van der Waals surface area (Å²) in [5.74, 6) is 1.26. The van der Waals surface area contributed by atoms with Crippen LogP contribution in [0.4, 0.5) is 0 Å². The van der Waals surface area contributed by atoms with Crippen molar-refractivity contribution < 1.29 is 22.7 Å². The molecule has 2 aliphatic heterocycles. The smallest absolute Gasteiger partial charge is 0.211 e. The monoisotopic (exact) mass is 340 g/mol. The molecule has 0 radical (unpaired) electrons. The van der Waals surface area contributed by atoms with Gasteiger partial charge in [-0.05, 0) is 12.1 Å². The van der Waals surface area contributed by atoms with Gasteiger partial charge in [-0.3, -0.25) is 9.69 Å². The molecule has 126 valence electrons. The minimum absolute atomic E-state index is 0.0224. The highest BCUT2D eigenvalue weighted by atomic mass is 32.2. The Morgan fingerprint density at radius 2 is 1.91 bits per heavy atom. The van der Waals surface area contributed by atoms with Crippen LogP contribution < -0.4 is 9.47 Å². The zero-order valence-electron chi connectivity index (χ0n) is 13.2. The molecule has 1 aromatic carbocycles. The highest BCUT2D eigenvalue weighted by Crippen LogP contribution is 2.37. The summed E-state index contributed by atoms with van der Waals surface area (Å²) in [4.78, 5) is 14.0. The molecule has 0 N–H and O–H groups in total. The van der Waals surface area contributed by atoms with Crippen LogP contribution in [0.3, 0.4) is 0 Å². The molecule has 23 heavy (non-hydrogen) atoms. The Balaban J connectivity index is 1.78. The van der Waals surface area contributed by atoms with Crippen molar-refractivity contribution in [3.05, 3.63) is 23.3 Å². The minimum Gasteiger partial charge on any atom is -0.496 e. The lowest BCUT2D eigenvalue weighted by atomic mass is 10.1. The third kappa shape index (κ3) is 3.19. The highest BCUT2D eigenvalue weighted by Gasteiger charge is 2.29. The van der Waals surface area contributed by atoms with E-state index in [1.54, 1.807) is 19.2 Å². The molecule has 0 saturated carbocycles. The average Bonchev–Trinajstić information content (AvgIpc) is 2.89. The van der Waals surface area contributed by atoms with E-state index in [4.69, 9.17) is 9.47 Å². The van der Waals surface area contributed by atoms with Gasteiger partial charge in [-0.2, -0.15) is 4.31 Å². The number of piperazine rings is 1. The Bertz CT molecular complexity index is 724. The van der Waals surface area contributed by atoms with Crippen LogP contribution in [0.15, 0.2) is 12.1 Å². The molecule has 1 aromatic rings. The first-order valence-corrected chi connectivity index (χ1v) is 9.28. The molecule has 3 rings (SSSR count). The number of sulfonamides is 1. The molecule has 0 amide bonds. The zero-order valence-corrected chi connectivity index (χ0v) is 14.1. The Kier molecular flexibility index (Phi) is 4.31. The van der Waals surface area contributed by atoms with Gasteiger partial charge in [0.05, 0.1) is 24.5 Å². The van der Waals surface area contributed by atoms with Crippen LogP contribution in [0.25, 0.3) is 0 Å². The molecular weight excluding hydrogens is 320 g/mol. The summed E-state index contributed by atoms with van der Waals surface area (Å²) in [6.07, 6.45) is 1.23.